The van der Waals surface area contributed by atoms with Crippen molar-refractivity contribution in [3.05, 3.63) is 0 Å². The van der Waals surface area contributed by atoms with Crippen LogP contribution in [-0.4, -0.2) is 24.2 Å². The van der Waals surface area contributed by atoms with Crippen molar-refractivity contribution in [1.29, 1.82) is 0 Å². The first kappa shape index (κ1) is 7.68. The summed E-state index contributed by atoms with van der Waals surface area (Å²) in [5.41, 5.74) is -4.23. The lowest BCUT2D eigenvalue weighted by Gasteiger charge is -2.00. The molecule has 0 radical (unpaired) electrons. The maximum Gasteiger partial charge on any atom is 0.324 e. The van der Waals surface area contributed by atoms with Crippen molar-refractivity contribution in [1.82, 2.24) is 0 Å². The second-order valence-corrected chi connectivity index (χ2v) is 2.05. The van der Waals surface area contributed by atoms with Crippen molar-refractivity contribution in [3.8, 4) is 0 Å². The fraction of sp³-hybridized carbons (Fsp3) is 1.00. The molecule has 0 saturated heterocycles. The Morgan fingerprint density at radius 2 is 1.40 bits per heavy atom. The summed E-state index contributed by atoms with van der Waals surface area (Å²) in [4.78, 5) is 0. The number of alkyl halides is 6. The quantitative estimate of drug-likeness (QED) is 0.519. The zero-order valence-electron chi connectivity index (χ0n) is 4.42. The summed E-state index contributed by atoms with van der Waals surface area (Å²) in [6, 6.07) is 0. The molecule has 0 spiro atoms. The normalized spacial score (nSPS) is 44.1. The second-order valence-electron chi connectivity index (χ2n) is 2.05. The van der Waals surface area contributed by atoms with Gasteiger partial charge in [-0.25, -0.2) is 17.6 Å². The number of hydrogen-bond donors (Lipinski definition) is 0. The van der Waals surface area contributed by atoms with E-state index in [-0.39, 0.29) is 0 Å². The average molecular weight is 164 g/mol. The van der Waals surface area contributed by atoms with Crippen LogP contribution in [0.25, 0.3) is 0 Å². The van der Waals surface area contributed by atoms with Gasteiger partial charge in [0, 0.05) is 0 Å². The Labute approximate surface area is 51.8 Å². The van der Waals surface area contributed by atoms with Crippen molar-refractivity contribution in [2.45, 2.75) is 24.2 Å². The van der Waals surface area contributed by atoms with Crippen LogP contribution in [0.4, 0.5) is 26.3 Å². The van der Waals surface area contributed by atoms with E-state index in [1.807, 2.05) is 0 Å². The zero-order valence-corrected chi connectivity index (χ0v) is 4.42. The van der Waals surface area contributed by atoms with Gasteiger partial charge in [-0.05, 0) is 0 Å². The summed E-state index contributed by atoms with van der Waals surface area (Å²) < 4.78 is 69.2. The highest BCUT2D eigenvalue weighted by atomic mass is 19.3. The molecule has 1 fully saturated rings. The Morgan fingerprint density at radius 1 is 1.10 bits per heavy atom. The molecule has 0 amide bonds. The molecule has 0 aromatic carbocycles. The first-order chi connectivity index (χ1) is 4.35. The van der Waals surface area contributed by atoms with E-state index < -0.39 is 24.2 Å². The maximum atomic E-state index is 11.9. The molecule has 1 aliphatic rings. The average Bonchev–Trinajstić information content (AvgIpc) is 2.16. The molecule has 0 N–H and O–H groups in total. The lowest BCUT2D eigenvalue weighted by molar-refractivity contribution is -0.0459. The Balaban J connectivity index is 2.78. The summed E-state index contributed by atoms with van der Waals surface area (Å²) in [6.07, 6.45) is -7.31. The van der Waals surface area contributed by atoms with Gasteiger partial charge in [0.2, 0.25) is 6.17 Å². The van der Waals surface area contributed by atoms with E-state index in [1.54, 1.807) is 0 Å². The maximum absolute atomic E-state index is 11.9. The molecule has 0 aliphatic heterocycles. The van der Waals surface area contributed by atoms with E-state index in [0.29, 0.717) is 0 Å². The van der Waals surface area contributed by atoms with Crippen molar-refractivity contribution in [2.75, 3.05) is 0 Å². The van der Waals surface area contributed by atoms with E-state index in [4.69, 9.17) is 0 Å². The molecule has 2 atom stereocenters. The van der Waals surface area contributed by atoms with Crippen LogP contribution in [-0.2, 0) is 0 Å². The molecule has 6 heteroatoms. The molecule has 0 bridgehead atoms. The van der Waals surface area contributed by atoms with E-state index >= 15 is 0 Å². The summed E-state index contributed by atoms with van der Waals surface area (Å²) in [6.45, 7) is 0. The molecule has 60 valence electrons. The Bertz CT molecular complexity index is 154. The van der Waals surface area contributed by atoms with Crippen LogP contribution in [0.1, 0.15) is 0 Å². The highest BCUT2D eigenvalue weighted by molar-refractivity contribution is 5.24. The lowest BCUT2D eigenvalue weighted by Crippen LogP contribution is -2.22. The number of rotatable bonds is 1. The van der Waals surface area contributed by atoms with Gasteiger partial charge in [-0.1, -0.05) is 0 Å². The van der Waals surface area contributed by atoms with Gasteiger partial charge >= 0.3 is 5.92 Å². The van der Waals surface area contributed by atoms with Gasteiger partial charge in [-0.2, -0.15) is 8.78 Å². The standard InChI is InChI=1S/C4H2F6/c5-1-3(8,2(6)7)4(1,9)10/h1-2H/t1-,3+/m0/s1. The van der Waals surface area contributed by atoms with Gasteiger partial charge in [0.1, 0.15) is 0 Å². The third-order valence-electron chi connectivity index (χ3n) is 1.43. The molecule has 1 rings (SSSR count). The SMILES string of the molecule is FC(F)[C@]1(F)[C@H](F)C1(F)F. The van der Waals surface area contributed by atoms with Crippen LogP contribution in [0.3, 0.4) is 0 Å². The third kappa shape index (κ3) is 0.543. The van der Waals surface area contributed by atoms with Crippen LogP contribution in [0.2, 0.25) is 0 Å². The van der Waals surface area contributed by atoms with E-state index in [1.165, 1.54) is 0 Å². The minimum Gasteiger partial charge on any atom is -0.237 e. The lowest BCUT2D eigenvalue weighted by atomic mass is 10.4. The van der Waals surface area contributed by atoms with E-state index in [0.717, 1.165) is 0 Å². The van der Waals surface area contributed by atoms with Gasteiger partial charge in [-0.3, -0.25) is 0 Å². The topological polar surface area (TPSA) is 0 Å². The molecule has 10 heavy (non-hydrogen) atoms. The van der Waals surface area contributed by atoms with Crippen molar-refractivity contribution in [3.63, 3.8) is 0 Å². The van der Waals surface area contributed by atoms with E-state index in [2.05, 4.69) is 0 Å². The van der Waals surface area contributed by atoms with Gasteiger partial charge in [0.25, 0.3) is 12.1 Å². The van der Waals surface area contributed by atoms with Crippen LogP contribution in [0, 0.1) is 0 Å². The van der Waals surface area contributed by atoms with Gasteiger partial charge in [0.05, 0.1) is 0 Å². The third-order valence-corrected chi connectivity index (χ3v) is 1.43. The Hall–Kier alpha value is -0.420. The minimum absolute atomic E-state index is 3.35. The Kier molecular flexibility index (Phi) is 1.23. The molecular weight excluding hydrogens is 162 g/mol. The summed E-state index contributed by atoms with van der Waals surface area (Å²) in [7, 11) is 0. The molecular formula is C4H2F6. The molecule has 0 unspecified atom stereocenters. The largest absolute Gasteiger partial charge is 0.324 e. The summed E-state index contributed by atoms with van der Waals surface area (Å²) in [5.74, 6) is -4.50. The van der Waals surface area contributed by atoms with Gasteiger partial charge in [-0.15, -0.1) is 0 Å². The molecule has 0 heterocycles. The predicted molar refractivity (Wildman–Crippen MR) is 19.7 cm³/mol. The monoisotopic (exact) mass is 164 g/mol. The van der Waals surface area contributed by atoms with Gasteiger partial charge in [0.15, 0.2) is 0 Å². The highest BCUT2D eigenvalue weighted by Crippen LogP contribution is 2.60. The Morgan fingerprint density at radius 3 is 1.40 bits per heavy atom. The molecule has 0 nitrogen and oxygen atoms in total. The first-order valence-corrected chi connectivity index (χ1v) is 2.34. The van der Waals surface area contributed by atoms with Crippen LogP contribution < -0.4 is 0 Å². The molecule has 0 aromatic heterocycles. The van der Waals surface area contributed by atoms with Crippen LogP contribution in [0.15, 0.2) is 0 Å². The molecule has 0 aromatic rings. The van der Waals surface area contributed by atoms with E-state index in [9.17, 15) is 26.3 Å². The number of halogens is 6. The second kappa shape index (κ2) is 1.60. The smallest absolute Gasteiger partial charge is 0.237 e. The fourth-order valence-corrected chi connectivity index (χ4v) is 0.609. The zero-order chi connectivity index (χ0) is 8.15. The molecule has 1 aliphatic carbocycles. The van der Waals surface area contributed by atoms with Crippen molar-refractivity contribution < 1.29 is 26.3 Å². The minimum atomic E-state index is -4.50. The summed E-state index contributed by atoms with van der Waals surface area (Å²) in [5, 5.41) is 0. The summed E-state index contributed by atoms with van der Waals surface area (Å²) >= 11 is 0. The fourth-order valence-electron chi connectivity index (χ4n) is 0.609. The van der Waals surface area contributed by atoms with Gasteiger partial charge < -0.3 is 0 Å². The van der Waals surface area contributed by atoms with Crippen molar-refractivity contribution >= 4 is 0 Å². The van der Waals surface area contributed by atoms with Crippen molar-refractivity contribution in [2.24, 2.45) is 0 Å². The molecule has 1 saturated carbocycles. The van der Waals surface area contributed by atoms with Crippen LogP contribution >= 0.6 is 0 Å². The van der Waals surface area contributed by atoms with Crippen LogP contribution in [0.5, 0.6) is 0 Å². The predicted octanol–water partition coefficient (Wildman–Crippen LogP) is 1.95. The number of hydrogen-bond acceptors (Lipinski definition) is 0. The first-order valence-electron chi connectivity index (χ1n) is 2.34. The highest BCUT2D eigenvalue weighted by Gasteiger charge is 2.89.